The van der Waals surface area contributed by atoms with Crippen LogP contribution in [0, 0.1) is 12.8 Å². The van der Waals surface area contributed by atoms with Crippen molar-refractivity contribution in [3.63, 3.8) is 0 Å². The van der Waals surface area contributed by atoms with Gasteiger partial charge < -0.3 is 15.0 Å². The second-order valence-electron chi connectivity index (χ2n) is 7.26. The Labute approximate surface area is 162 Å². The summed E-state index contributed by atoms with van der Waals surface area (Å²) in [6, 6.07) is 4.97. The standard InChI is InChI=1S/C19H31N3O4S/c1-15-14-17(26-4)6-7-18(15)27(24,25)22-12-8-16(9-13-22)19(23)20-10-5-11-21(2)3/h6-7,14,16H,5,8-13H2,1-4H3,(H,20,23). The zero-order valence-electron chi connectivity index (χ0n) is 16.7. The third-order valence-corrected chi connectivity index (χ3v) is 6.96. The first-order chi connectivity index (χ1) is 12.8. The van der Waals surface area contributed by atoms with E-state index < -0.39 is 10.0 Å². The number of methoxy groups -OCH3 is 1. The highest BCUT2D eigenvalue weighted by molar-refractivity contribution is 7.89. The zero-order chi connectivity index (χ0) is 20.0. The van der Waals surface area contributed by atoms with Crippen LogP contribution < -0.4 is 10.1 Å². The predicted octanol–water partition coefficient (Wildman–Crippen LogP) is 1.47. The van der Waals surface area contributed by atoms with Gasteiger partial charge in [-0.05, 0) is 70.6 Å². The van der Waals surface area contributed by atoms with E-state index in [4.69, 9.17) is 4.74 Å². The van der Waals surface area contributed by atoms with E-state index in [9.17, 15) is 13.2 Å². The van der Waals surface area contributed by atoms with E-state index in [-0.39, 0.29) is 11.8 Å². The minimum Gasteiger partial charge on any atom is -0.497 e. The van der Waals surface area contributed by atoms with Crippen molar-refractivity contribution in [3.8, 4) is 5.75 Å². The number of nitrogens with zero attached hydrogens (tertiary/aromatic N) is 2. The molecule has 1 fully saturated rings. The molecular weight excluding hydrogens is 366 g/mol. The molecule has 8 heteroatoms. The van der Waals surface area contributed by atoms with Crippen molar-refractivity contribution >= 4 is 15.9 Å². The molecule has 1 aromatic rings. The molecule has 152 valence electrons. The minimum absolute atomic E-state index is 0.0337. The molecule has 0 saturated carbocycles. The molecule has 2 rings (SSSR count). The highest BCUT2D eigenvalue weighted by Crippen LogP contribution is 2.27. The Morgan fingerprint density at radius 3 is 2.52 bits per heavy atom. The van der Waals surface area contributed by atoms with Crippen LogP contribution in [0.25, 0.3) is 0 Å². The van der Waals surface area contributed by atoms with E-state index in [0.717, 1.165) is 13.0 Å². The molecule has 0 unspecified atom stereocenters. The molecule has 1 aromatic carbocycles. The molecule has 1 heterocycles. The normalized spacial score (nSPS) is 16.5. The van der Waals surface area contributed by atoms with Crippen molar-refractivity contribution in [2.45, 2.75) is 31.1 Å². The summed E-state index contributed by atoms with van der Waals surface area (Å²) < 4.78 is 32.5. The number of carbonyl (C=O) groups is 1. The molecule has 0 radical (unpaired) electrons. The summed E-state index contributed by atoms with van der Waals surface area (Å²) in [6.07, 6.45) is 2.00. The van der Waals surface area contributed by atoms with E-state index in [2.05, 4.69) is 10.2 Å². The van der Waals surface area contributed by atoms with Crippen LogP contribution in [-0.4, -0.2) is 70.9 Å². The number of rotatable bonds is 8. The van der Waals surface area contributed by atoms with Gasteiger partial charge in [-0.25, -0.2) is 8.42 Å². The van der Waals surface area contributed by atoms with Gasteiger partial charge in [0.05, 0.1) is 12.0 Å². The number of hydrogen-bond acceptors (Lipinski definition) is 5. The number of ether oxygens (including phenoxy) is 1. The molecule has 27 heavy (non-hydrogen) atoms. The lowest BCUT2D eigenvalue weighted by Gasteiger charge is -2.31. The van der Waals surface area contributed by atoms with Crippen LogP contribution in [0.15, 0.2) is 23.1 Å². The average Bonchev–Trinajstić information content (AvgIpc) is 2.64. The molecule has 1 N–H and O–H groups in total. The van der Waals surface area contributed by atoms with Gasteiger partial charge in [-0.2, -0.15) is 4.31 Å². The summed E-state index contributed by atoms with van der Waals surface area (Å²) in [7, 11) is 2.00. The topological polar surface area (TPSA) is 79.0 Å². The maximum atomic E-state index is 12.9. The smallest absolute Gasteiger partial charge is 0.243 e. The van der Waals surface area contributed by atoms with Gasteiger partial charge in [0.1, 0.15) is 5.75 Å². The maximum absolute atomic E-state index is 12.9. The van der Waals surface area contributed by atoms with Gasteiger partial charge in [0.25, 0.3) is 0 Å². The number of hydrogen-bond donors (Lipinski definition) is 1. The Bertz CT molecular complexity index is 741. The van der Waals surface area contributed by atoms with Gasteiger partial charge in [0.2, 0.25) is 15.9 Å². The van der Waals surface area contributed by atoms with Gasteiger partial charge >= 0.3 is 0 Å². The molecule has 1 saturated heterocycles. The van der Waals surface area contributed by atoms with Crippen molar-refractivity contribution in [1.29, 1.82) is 0 Å². The summed E-state index contributed by atoms with van der Waals surface area (Å²) in [5.41, 5.74) is 0.662. The first-order valence-corrected chi connectivity index (χ1v) is 10.8. The van der Waals surface area contributed by atoms with Crippen LogP contribution >= 0.6 is 0 Å². The Kier molecular flexibility index (Phi) is 7.64. The number of amides is 1. The second kappa shape index (κ2) is 9.52. The lowest BCUT2D eigenvalue weighted by molar-refractivity contribution is -0.126. The van der Waals surface area contributed by atoms with Crippen molar-refractivity contribution in [3.05, 3.63) is 23.8 Å². The first-order valence-electron chi connectivity index (χ1n) is 9.33. The van der Waals surface area contributed by atoms with E-state index in [1.54, 1.807) is 32.2 Å². The van der Waals surface area contributed by atoms with Crippen LogP contribution in [-0.2, 0) is 14.8 Å². The Hall–Kier alpha value is -1.64. The van der Waals surface area contributed by atoms with Crippen molar-refractivity contribution < 1.29 is 17.9 Å². The fourth-order valence-corrected chi connectivity index (χ4v) is 4.96. The monoisotopic (exact) mass is 397 g/mol. The summed E-state index contributed by atoms with van der Waals surface area (Å²) in [5, 5.41) is 2.97. The van der Waals surface area contributed by atoms with Crippen LogP contribution in [0.1, 0.15) is 24.8 Å². The second-order valence-corrected chi connectivity index (χ2v) is 9.16. The number of sulfonamides is 1. The van der Waals surface area contributed by atoms with Gasteiger partial charge in [0, 0.05) is 25.6 Å². The fraction of sp³-hybridized carbons (Fsp3) is 0.632. The molecule has 1 aliphatic rings. The summed E-state index contributed by atoms with van der Waals surface area (Å²) in [5.74, 6) is 0.551. The van der Waals surface area contributed by atoms with Crippen LogP contribution in [0.5, 0.6) is 5.75 Å². The van der Waals surface area contributed by atoms with Crippen molar-refractivity contribution in [1.82, 2.24) is 14.5 Å². The zero-order valence-corrected chi connectivity index (χ0v) is 17.5. The third-order valence-electron chi connectivity index (χ3n) is 4.91. The number of carbonyl (C=O) groups excluding carboxylic acids is 1. The molecular formula is C19H31N3O4S. The number of piperidine rings is 1. The van der Waals surface area contributed by atoms with Crippen molar-refractivity contribution in [2.75, 3.05) is 47.4 Å². The summed E-state index contributed by atoms with van der Waals surface area (Å²) >= 11 is 0. The van der Waals surface area contributed by atoms with E-state index in [1.165, 1.54) is 4.31 Å². The Morgan fingerprint density at radius 2 is 1.96 bits per heavy atom. The molecule has 0 bridgehead atoms. The van der Waals surface area contributed by atoms with Crippen LogP contribution in [0.2, 0.25) is 0 Å². The third kappa shape index (κ3) is 5.67. The molecule has 0 spiro atoms. The van der Waals surface area contributed by atoms with Crippen LogP contribution in [0.3, 0.4) is 0 Å². The highest BCUT2D eigenvalue weighted by Gasteiger charge is 2.32. The van der Waals surface area contributed by atoms with Crippen LogP contribution in [0.4, 0.5) is 0 Å². The summed E-state index contributed by atoms with van der Waals surface area (Å²) in [4.78, 5) is 14.7. The number of benzene rings is 1. The minimum atomic E-state index is -3.56. The Morgan fingerprint density at radius 1 is 1.30 bits per heavy atom. The first kappa shape index (κ1) is 21.7. The quantitative estimate of drug-likeness (QED) is 0.672. The molecule has 7 nitrogen and oxygen atoms in total. The SMILES string of the molecule is COc1ccc(S(=O)(=O)N2CCC(C(=O)NCCCN(C)C)CC2)c(C)c1. The Balaban J connectivity index is 1.91. The molecule has 0 aliphatic carbocycles. The summed E-state index contributed by atoms with van der Waals surface area (Å²) in [6.45, 7) is 4.08. The highest BCUT2D eigenvalue weighted by atomic mass is 32.2. The average molecular weight is 398 g/mol. The lowest BCUT2D eigenvalue weighted by Crippen LogP contribution is -2.43. The molecule has 1 amide bonds. The molecule has 0 aromatic heterocycles. The van der Waals surface area contributed by atoms with Gasteiger partial charge in [-0.1, -0.05) is 0 Å². The van der Waals surface area contributed by atoms with Gasteiger partial charge in [0.15, 0.2) is 0 Å². The number of aryl methyl sites for hydroxylation is 1. The molecule has 0 atom stereocenters. The van der Waals surface area contributed by atoms with E-state index >= 15 is 0 Å². The van der Waals surface area contributed by atoms with E-state index in [0.29, 0.717) is 48.7 Å². The largest absolute Gasteiger partial charge is 0.497 e. The van der Waals surface area contributed by atoms with Gasteiger partial charge in [-0.15, -0.1) is 0 Å². The van der Waals surface area contributed by atoms with E-state index in [1.807, 2.05) is 14.1 Å². The number of nitrogens with one attached hydrogen (secondary N) is 1. The maximum Gasteiger partial charge on any atom is 0.243 e. The van der Waals surface area contributed by atoms with Gasteiger partial charge in [-0.3, -0.25) is 4.79 Å². The molecule has 1 aliphatic heterocycles. The fourth-order valence-electron chi connectivity index (χ4n) is 3.29. The van der Waals surface area contributed by atoms with Crippen molar-refractivity contribution in [2.24, 2.45) is 5.92 Å². The predicted molar refractivity (Wildman–Crippen MR) is 105 cm³/mol. The lowest BCUT2D eigenvalue weighted by atomic mass is 9.97.